The molecule has 3 N–H and O–H groups in total. The van der Waals surface area contributed by atoms with E-state index in [4.69, 9.17) is 5.11 Å². The van der Waals surface area contributed by atoms with Crippen LogP contribution in [0.4, 0.5) is 0 Å². The predicted molar refractivity (Wildman–Crippen MR) is 70.7 cm³/mol. The number of hydrogen-bond donors (Lipinski definition) is 3. The lowest BCUT2D eigenvalue weighted by atomic mass is 10.1. The van der Waals surface area contributed by atoms with Gasteiger partial charge in [-0.3, -0.25) is 4.79 Å². The van der Waals surface area contributed by atoms with Crippen molar-refractivity contribution >= 4 is 11.9 Å². The highest BCUT2D eigenvalue weighted by Gasteiger charge is 2.23. The summed E-state index contributed by atoms with van der Waals surface area (Å²) in [6.07, 6.45) is 2.49. The van der Waals surface area contributed by atoms with E-state index < -0.39 is 12.0 Å². The molecule has 1 amide bonds. The molecule has 2 rings (SSSR count). The van der Waals surface area contributed by atoms with E-state index >= 15 is 0 Å². The molecule has 1 aliphatic carbocycles. The van der Waals surface area contributed by atoms with Gasteiger partial charge in [0.1, 0.15) is 6.04 Å². The van der Waals surface area contributed by atoms with Crippen molar-refractivity contribution in [3.8, 4) is 0 Å². The summed E-state index contributed by atoms with van der Waals surface area (Å²) in [6.45, 7) is 0.184. The minimum atomic E-state index is -1.01. The third kappa shape index (κ3) is 4.71. The van der Waals surface area contributed by atoms with E-state index in [0.29, 0.717) is 12.5 Å². The predicted octanol–water partition coefficient (Wildman–Crippen LogP) is 0.550. The molecular weight excluding hydrogens is 244 g/mol. The van der Waals surface area contributed by atoms with Gasteiger partial charge in [0.25, 0.3) is 0 Å². The third-order valence-corrected chi connectivity index (χ3v) is 3.04. The Hall–Kier alpha value is -1.88. The number of carbonyl (C=O) groups excluding carboxylic acids is 1. The molecule has 1 saturated carbocycles. The summed E-state index contributed by atoms with van der Waals surface area (Å²) in [5.41, 5.74) is 0.894. The Morgan fingerprint density at radius 2 is 1.95 bits per heavy atom. The van der Waals surface area contributed by atoms with Crippen LogP contribution in [0.5, 0.6) is 0 Å². The lowest BCUT2D eigenvalue weighted by Crippen LogP contribution is -2.46. The lowest BCUT2D eigenvalue weighted by molar-refractivity contribution is -0.141. The van der Waals surface area contributed by atoms with E-state index in [1.54, 1.807) is 0 Å². The number of rotatable bonds is 7. The van der Waals surface area contributed by atoms with Crippen LogP contribution in [0.2, 0.25) is 0 Å². The van der Waals surface area contributed by atoms with Crippen molar-refractivity contribution in [2.75, 3.05) is 6.54 Å². The highest BCUT2D eigenvalue weighted by atomic mass is 16.4. The van der Waals surface area contributed by atoms with Crippen molar-refractivity contribution in [2.45, 2.75) is 31.3 Å². The maximum Gasteiger partial charge on any atom is 0.326 e. The molecule has 102 valence electrons. The number of amides is 1. The SMILES string of the molecule is O=C(CNC1CC1)N[C@@H](Cc1ccccc1)C(=O)O. The van der Waals surface area contributed by atoms with Gasteiger partial charge in [-0.05, 0) is 18.4 Å². The number of aliphatic carboxylic acids is 1. The molecule has 0 bridgehead atoms. The second-order valence-corrected chi connectivity index (χ2v) is 4.80. The zero-order valence-electron chi connectivity index (χ0n) is 10.6. The van der Waals surface area contributed by atoms with Crippen LogP contribution in [0, 0.1) is 0 Å². The second kappa shape index (κ2) is 6.33. The summed E-state index contributed by atoms with van der Waals surface area (Å²) in [6, 6.07) is 8.83. The van der Waals surface area contributed by atoms with Crippen molar-refractivity contribution in [3.05, 3.63) is 35.9 Å². The van der Waals surface area contributed by atoms with Gasteiger partial charge < -0.3 is 15.7 Å². The van der Waals surface area contributed by atoms with E-state index in [2.05, 4.69) is 10.6 Å². The number of carbonyl (C=O) groups is 2. The quantitative estimate of drug-likeness (QED) is 0.670. The van der Waals surface area contributed by atoms with E-state index in [0.717, 1.165) is 18.4 Å². The molecule has 19 heavy (non-hydrogen) atoms. The van der Waals surface area contributed by atoms with Crippen LogP contribution in [-0.2, 0) is 16.0 Å². The molecule has 0 aromatic heterocycles. The minimum Gasteiger partial charge on any atom is -0.480 e. The van der Waals surface area contributed by atoms with Crippen LogP contribution >= 0.6 is 0 Å². The topological polar surface area (TPSA) is 78.4 Å². The number of carboxylic acid groups (broad SMARTS) is 1. The molecular formula is C14H18N2O3. The highest BCUT2D eigenvalue weighted by molar-refractivity contribution is 5.84. The van der Waals surface area contributed by atoms with Crippen molar-refractivity contribution in [1.82, 2.24) is 10.6 Å². The zero-order chi connectivity index (χ0) is 13.7. The maximum atomic E-state index is 11.6. The van der Waals surface area contributed by atoms with Crippen LogP contribution in [0.3, 0.4) is 0 Å². The largest absolute Gasteiger partial charge is 0.480 e. The molecule has 0 heterocycles. The highest BCUT2D eigenvalue weighted by Crippen LogP contribution is 2.17. The van der Waals surface area contributed by atoms with Gasteiger partial charge >= 0.3 is 5.97 Å². The fourth-order valence-electron chi connectivity index (χ4n) is 1.82. The van der Waals surface area contributed by atoms with Gasteiger partial charge in [-0.2, -0.15) is 0 Å². The Kier molecular flexibility index (Phi) is 4.52. The molecule has 5 nitrogen and oxygen atoms in total. The van der Waals surface area contributed by atoms with Gasteiger partial charge in [0.05, 0.1) is 6.54 Å². The van der Waals surface area contributed by atoms with Crippen LogP contribution in [-0.4, -0.2) is 35.6 Å². The summed E-state index contributed by atoms with van der Waals surface area (Å²) in [4.78, 5) is 22.8. The first-order valence-electron chi connectivity index (χ1n) is 6.44. The summed E-state index contributed by atoms with van der Waals surface area (Å²) in [7, 11) is 0. The average Bonchev–Trinajstić information content (AvgIpc) is 3.21. The fraction of sp³-hybridized carbons (Fsp3) is 0.429. The molecule has 1 aromatic rings. The second-order valence-electron chi connectivity index (χ2n) is 4.80. The van der Waals surface area contributed by atoms with Gasteiger partial charge in [0.15, 0.2) is 0 Å². The molecule has 0 unspecified atom stereocenters. The van der Waals surface area contributed by atoms with Gasteiger partial charge in [-0.15, -0.1) is 0 Å². The number of hydrogen-bond acceptors (Lipinski definition) is 3. The van der Waals surface area contributed by atoms with Crippen molar-refractivity contribution in [1.29, 1.82) is 0 Å². The van der Waals surface area contributed by atoms with E-state index in [9.17, 15) is 9.59 Å². The summed E-state index contributed by atoms with van der Waals surface area (Å²) in [5.74, 6) is -1.28. The fourth-order valence-corrected chi connectivity index (χ4v) is 1.82. The molecule has 0 spiro atoms. The van der Waals surface area contributed by atoms with Crippen LogP contribution in [0.1, 0.15) is 18.4 Å². The first-order chi connectivity index (χ1) is 9.15. The molecule has 5 heteroatoms. The Balaban J connectivity index is 1.84. The number of carboxylic acids is 1. The normalized spacial score (nSPS) is 15.8. The molecule has 0 aliphatic heterocycles. The Morgan fingerprint density at radius 1 is 1.26 bits per heavy atom. The molecule has 1 fully saturated rings. The molecule has 1 aromatic carbocycles. The van der Waals surface area contributed by atoms with Crippen LogP contribution in [0.25, 0.3) is 0 Å². The summed E-state index contributed by atoms with van der Waals surface area (Å²) in [5, 5.41) is 14.7. The van der Waals surface area contributed by atoms with Gasteiger partial charge in [-0.25, -0.2) is 4.79 Å². The summed E-state index contributed by atoms with van der Waals surface area (Å²) >= 11 is 0. The van der Waals surface area contributed by atoms with E-state index in [-0.39, 0.29) is 12.5 Å². The lowest BCUT2D eigenvalue weighted by Gasteiger charge is -2.14. The third-order valence-electron chi connectivity index (χ3n) is 3.04. The van der Waals surface area contributed by atoms with Gasteiger partial charge in [0.2, 0.25) is 5.91 Å². The molecule has 1 atom stereocenters. The number of nitrogens with one attached hydrogen (secondary N) is 2. The first-order valence-corrected chi connectivity index (χ1v) is 6.44. The summed E-state index contributed by atoms with van der Waals surface area (Å²) < 4.78 is 0. The Bertz CT molecular complexity index is 443. The Labute approximate surface area is 112 Å². The van der Waals surface area contributed by atoms with E-state index in [1.165, 1.54) is 0 Å². The van der Waals surface area contributed by atoms with Gasteiger partial charge in [0, 0.05) is 12.5 Å². The van der Waals surface area contributed by atoms with Crippen LogP contribution in [0.15, 0.2) is 30.3 Å². The van der Waals surface area contributed by atoms with Gasteiger partial charge in [-0.1, -0.05) is 30.3 Å². The molecule has 0 saturated heterocycles. The first kappa shape index (κ1) is 13.5. The number of benzene rings is 1. The average molecular weight is 262 g/mol. The minimum absolute atomic E-state index is 0.184. The Morgan fingerprint density at radius 3 is 2.53 bits per heavy atom. The zero-order valence-corrected chi connectivity index (χ0v) is 10.6. The molecule has 1 aliphatic rings. The van der Waals surface area contributed by atoms with Crippen molar-refractivity contribution in [2.24, 2.45) is 0 Å². The van der Waals surface area contributed by atoms with Crippen LogP contribution < -0.4 is 10.6 Å². The van der Waals surface area contributed by atoms with Crippen molar-refractivity contribution in [3.63, 3.8) is 0 Å². The standard InChI is InChI=1S/C14H18N2O3/c17-13(9-15-11-6-7-11)16-12(14(18)19)8-10-4-2-1-3-5-10/h1-5,11-12,15H,6-9H2,(H,16,17)(H,18,19)/t12-/m0/s1. The smallest absolute Gasteiger partial charge is 0.326 e. The van der Waals surface area contributed by atoms with E-state index in [1.807, 2.05) is 30.3 Å². The molecule has 0 radical (unpaired) electrons. The van der Waals surface area contributed by atoms with Crippen molar-refractivity contribution < 1.29 is 14.7 Å². The monoisotopic (exact) mass is 262 g/mol. The maximum absolute atomic E-state index is 11.6.